The molecule has 0 heterocycles. The van der Waals surface area contributed by atoms with Gasteiger partial charge in [-0.1, -0.05) is 36.7 Å². The third-order valence-corrected chi connectivity index (χ3v) is 5.15. The van der Waals surface area contributed by atoms with Crippen LogP contribution in [0.3, 0.4) is 0 Å². The van der Waals surface area contributed by atoms with Gasteiger partial charge in [0.25, 0.3) is 5.91 Å². The average molecular weight is 367 g/mol. The lowest BCUT2D eigenvalue weighted by Gasteiger charge is -2.07. The lowest BCUT2D eigenvalue weighted by Crippen LogP contribution is -2.25. The highest BCUT2D eigenvalue weighted by Gasteiger charge is 2.12. The maximum Gasteiger partial charge on any atom is 0.251 e. The number of carbonyl (C=O) groups excluding carboxylic acids is 1. The van der Waals surface area contributed by atoms with E-state index in [0.717, 1.165) is 5.56 Å². The second-order valence-electron chi connectivity index (χ2n) is 5.16. The predicted molar refractivity (Wildman–Crippen MR) is 94.8 cm³/mol. The largest absolute Gasteiger partial charge is 0.352 e. The number of sulfonamides is 1. The molecule has 0 fully saturated rings. The zero-order chi connectivity index (χ0) is 17.6. The second kappa shape index (κ2) is 8.28. The van der Waals surface area contributed by atoms with E-state index < -0.39 is 10.0 Å². The minimum absolute atomic E-state index is 0.191. The number of halogens is 1. The van der Waals surface area contributed by atoms with Gasteiger partial charge in [-0.2, -0.15) is 0 Å². The van der Waals surface area contributed by atoms with Gasteiger partial charge in [-0.3, -0.25) is 4.79 Å². The molecule has 2 N–H and O–H groups in total. The van der Waals surface area contributed by atoms with E-state index >= 15 is 0 Å². The van der Waals surface area contributed by atoms with Crippen molar-refractivity contribution >= 4 is 27.5 Å². The van der Waals surface area contributed by atoms with Crippen LogP contribution in [-0.2, 0) is 16.4 Å². The molecular formula is C17H19ClN2O3S. The van der Waals surface area contributed by atoms with Crippen LogP contribution in [-0.4, -0.2) is 27.4 Å². The number of amides is 1. The molecule has 0 unspecified atom stereocenters. The standard InChI is InChI=1S/C17H19ClN2O3S/c1-2-20-24(22,23)16-8-6-13(7-9-16)10-11-19-17(21)14-4-3-5-15(18)12-14/h3-9,12,20H,2,10-11H2,1H3,(H,19,21). The van der Waals surface area contributed by atoms with Crippen molar-refractivity contribution in [2.75, 3.05) is 13.1 Å². The van der Waals surface area contributed by atoms with Crippen LogP contribution >= 0.6 is 11.6 Å². The molecule has 5 nitrogen and oxygen atoms in total. The fourth-order valence-electron chi connectivity index (χ4n) is 2.16. The molecule has 0 bridgehead atoms. The molecule has 0 aliphatic carbocycles. The minimum atomic E-state index is -3.43. The normalized spacial score (nSPS) is 11.2. The van der Waals surface area contributed by atoms with E-state index in [1.54, 1.807) is 55.5 Å². The van der Waals surface area contributed by atoms with E-state index in [4.69, 9.17) is 11.6 Å². The zero-order valence-corrected chi connectivity index (χ0v) is 14.8. The molecule has 2 aromatic rings. The summed E-state index contributed by atoms with van der Waals surface area (Å²) in [7, 11) is -3.43. The van der Waals surface area contributed by atoms with Crippen LogP contribution in [0.4, 0.5) is 0 Å². The highest BCUT2D eigenvalue weighted by molar-refractivity contribution is 7.89. The second-order valence-corrected chi connectivity index (χ2v) is 7.36. The maximum absolute atomic E-state index is 12.0. The first-order chi connectivity index (χ1) is 11.4. The number of nitrogens with one attached hydrogen (secondary N) is 2. The van der Waals surface area contributed by atoms with E-state index in [0.29, 0.717) is 30.1 Å². The monoisotopic (exact) mass is 366 g/mol. The molecule has 0 aliphatic heterocycles. The Hall–Kier alpha value is -1.89. The van der Waals surface area contributed by atoms with E-state index in [1.165, 1.54) is 0 Å². The fraction of sp³-hybridized carbons (Fsp3) is 0.235. The van der Waals surface area contributed by atoms with Gasteiger partial charge in [0.1, 0.15) is 0 Å². The first-order valence-electron chi connectivity index (χ1n) is 7.55. The number of hydrogen-bond donors (Lipinski definition) is 2. The average Bonchev–Trinajstić information content (AvgIpc) is 2.55. The number of carbonyl (C=O) groups is 1. The maximum atomic E-state index is 12.0. The first kappa shape index (κ1) is 18.4. The van der Waals surface area contributed by atoms with Gasteiger partial charge < -0.3 is 5.32 Å². The van der Waals surface area contributed by atoms with Crippen molar-refractivity contribution in [1.82, 2.24) is 10.0 Å². The summed E-state index contributed by atoms with van der Waals surface area (Å²) in [5.74, 6) is -0.191. The third kappa shape index (κ3) is 5.06. The van der Waals surface area contributed by atoms with Crippen LogP contribution in [0.25, 0.3) is 0 Å². The number of benzene rings is 2. The summed E-state index contributed by atoms with van der Waals surface area (Å²) in [6.45, 7) is 2.53. The van der Waals surface area contributed by atoms with Crippen LogP contribution < -0.4 is 10.0 Å². The van der Waals surface area contributed by atoms with Gasteiger partial charge in [0.05, 0.1) is 4.90 Å². The summed E-state index contributed by atoms with van der Waals surface area (Å²) < 4.78 is 26.1. The number of rotatable bonds is 7. The Morgan fingerprint density at radius 2 is 1.83 bits per heavy atom. The lowest BCUT2D eigenvalue weighted by molar-refractivity contribution is 0.0954. The molecule has 24 heavy (non-hydrogen) atoms. The van der Waals surface area contributed by atoms with Crippen molar-refractivity contribution in [3.05, 3.63) is 64.7 Å². The molecule has 2 rings (SSSR count). The van der Waals surface area contributed by atoms with Gasteiger partial charge in [-0.25, -0.2) is 13.1 Å². The van der Waals surface area contributed by atoms with Gasteiger partial charge in [-0.05, 0) is 42.3 Å². The first-order valence-corrected chi connectivity index (χ1v) is 9.41. The molecule has 0 radical (unpaired) electrons. The Labute approximate surface area is 147 Å². The van der Waals surface area contributed by atoms with Gasteiger partial charge in [0.15, 0.2) is 0 Å². The molecule has 0 saturated heterocycles. The molecule has 1 amide bonds. The van der Waals surface area contributed by atoms with Crippen LogP contribution in [0.1, 0.15) is 22.8 Å². The molecule has 0 spiro atoms. The highest BCUT2D eigenvalue weighted by atomic mass is 35.5. The van der Waals surface area contributed by atoms with Crippen molar-refractivity contribution in [1.29, 1.82) is 0 Å². The molecule has 0 saturated carbocycles. The van der Waals surface area contributed by atoms with Crippen LogP contribution in [0.15, 0.2) is 53.4 Å². The molecule has 2 aromatic carbocycles. The summed E-state index contributed by atoms with van der Waals surface area (Å²) in [4.78, 5) is 12.2. The Kier molecular flexibility index (Phi) is 6.36. The van der Waals surface area contributed by atoms with Gasteiger partial charge in [0, 0.05) is 23.7 Å². The van der Waals surface area contributed by atoms with E-state index in [1.807, 2.05) is 0 Å². The summed E-state index contributed by atoms with van der Waals surface area (Å²) in [6, 6.07) is 13.4. The number of hydrogen-bond acceptors (Lipinski definition) is 3. The van der Waals surface area contributed by atoms with Gasteiger partial charge in [-0.15, -0.1) is 0 Å². The molecule has 0 aliphatic rings. The Balaban J connectivity index is 1.90. The molecule has 0 aromatic heterocycles. The van der Waals surface area contributed by atoms with E-state index in [-0.39, 0.29) is 10.8 Å². The molecule has 0 atom stereocenters. The van der Waals surface area contributed by atoms with Gasteiger partial charge in [0.2, 0.25) is 10.0 Å². The highest BCUT2D eigenvalue weighted by Crippen LogP contribution is 2.12. The van der Waals surface area contributed by atoms with Crippen LogP contribution in [0.2, 0.25) is 5.02 Å². The quantitative estimate of drug-likeness (QED) is 0.790. The lowest BCUT2D eigenvalue weighted by atomic mass is 10.1. The van der Waals surface area contributed by atoms with E-state index in [9.17, 15) is 13.2 Å². The zero-order valence-electron chi connectivity index (χ0n) is 13.3. The molecule has 7 heteroatoms. The third-order valence-electron chi connectivity index (χ3n) is 3.35. The summed E-state index contributed by atoms with van der Waals surface area (Å²) in [6.07, 6.45) is 0.605. The molecule has 128 valence electrons. The Morgan fingerprint density at radius 1 is 1.12 bits per heavy atom. The Bertz CT molecular complexity index is 805. The molecular weight excluding hydrogens is 348 g/mol. The van der Waals surface area contributed by atoms with Crippen LogP contribution in [0.5, 0.6) is 0 Å². The van der Waals surface area contributed by atoms with Crippen molar-refractivity contribution < 1.29 is 13.2 Å². The summed E-state index contributed by atoms with van der Waals surface area (Å²) >= 11 is 5.86. The van der Waals surface area contributed by atoms with Gasteiger partial charge >= 0.3 is 0 Å². The predicted octanol–water partition coefficient (Wildman–Crippen LogP) is 2.61. The van der Waals surface area contributed by atoms with Crippen molar-refractivity contribution in [2.45, 2.75) is 18.2 Å². The van der Waals surface area contributed by atoms with Crippen molar-refractivity contribution in [2.24, 2.45) is 0 Å². The minimum Gasteiger partial charge on any atom is -0.352 e. The van der Waals surface area contributed by atoms with Crippen LogP contribution in [0, 0.1) is 0 Å². The fourth-order valence-corrected chi connectivity index (χ4v) is 3.39. The van der Waals surface area contributed by atoms with E-state index in [2.05, 4.69) is 10.0 Å². The van der Waals surface area contributed by atoms with Crippen molar-refractivity contribution in [3.63, 3.8) is 0 Å². The van der Waals surface area contributed by atoms with Crippen molar-refractivity contribution in [3.8, 4) is 0 Å². The smallest absolute Gasteiger partial charge is 0.251 e. The Morgan fingerprint density at radius 3 is 2.46 bits per heavy atom. The SMILES string of the molecule is CCNS(=O)(=O)c1ccc(CCNC(=O)c2cccc(Cl)c2)cc1. The topological polar surface area (TPSA) is 75.3 Å². The summed E-state index contributed by atoms with van der Waals surface area (Å²) in [5.41, 5.74) is 1.45. The summed E-state index contributed by atoms with van der Waals surface area (Å²) in [5, 5.41) is 3.33.